The Morgan fingerprint density at radius 3 is 2.45 bits per heavy atom. The molecule has 0 radical (unpaired) electrons. The van der Waals surface area contributed by atoms with Crippen molar-refractivity contribution in [1.29, 1.82) is 0 Å². The highest BCUT2D eigenvalue weighted by atomic mass is 35.5. The fraction of sp³-hybridized carbons (Fsp3) is 0.222. The van der Waals surface area contributed by atoms with E-state index in [2.05, 4.69) is 53.5 Å². The summed E-state index contributed by atoms with van der Waals surface area (Å²) in [6, 6.07) is 18.5. The van der Waals surface area contributed by atoms with Gasteiger partial charge in [-0.1, -0.05) is 49.0 Å². The number of nitrogens with one attached hydrogen (secondary N) is 1. The molecule has 0 amide bonds. The molecule has 1 N–H and O–H groups in total. The Hall–Kier alpha value is -1.58. The zero-order chi connectivity index (χ0) is 14.7. The largest absolute Gasteiger partial charge is 0.369 e. The zero-order valence-electron chi connectivity index (χ0n) is 11.8. The van der Waals surface area contributed by atoms with Crippen LogP contribution in [0.1, 0.15) is 14.4 Å². The number of thioether (sulfide) groups is 1. The Labute approximate surface area is 142 Å². The fourth-order valence-electron chi connectivity index (χ4n) is 2.40. The van der Waals surface area contributed by atoms with Crippen molar-refractivity contribution in [1.82, 2.24) is 5.32 Å². The first-order valence-corrected chi connectivity index (χ1v) is 8.14. The topological polar surface area (TPSA) is 15.3 Å². The molecule has 1 heterocycles. The molecule has 3 rings (SSSR count). The molecule has 0 bridgehead atoms. The minimum atomic E-state index is 0. The average Bonchev–Trinajstić information content (AvgIpc) is 2.98. The summed E-state index contributed by atoms with van der Waals surface area (Å²) in [4.78, 5) is 4.84. The first kappa shape index (κ1) is 16.8. The molecular weight excluding hydrogens is 312 g/mol. The summed E-state index contributed by atoms with van der Waals surface area (Å²) < 4.78 is 0. The molecule has 4 heteroatoms. The van der Waals surface area contributed by atoms with Crippen LogP contribution >= 0.6 is 23.4 Å². The molecule has 22 heavy (non-hydrogen) atoms. The van der Waals surface area contributed by atoms with Gasteiger partial charge < -0.3 is 10.2 Å². The quantitative estimate of drug-likeness (QED) is 0.761. The first-order valence-electron chi connectivity index (χ1n) is 6.95. The normalized spacial score (nSPS) is 16.0. The van der Waals surface area contributed by atoms with Gasteiger partial charge in [-0.25, -0.2) is 0 Å². The summed E-state index contributed by atoms with van der Waals surface area (Å²) >= 11 is 7.77. The van der Waals surface area contributed by atoms with Crippen molar-refractivity contribution >= 4 is 29.1 Å². The monoisotopic (exact) mass is 332 g/mol. The zero-order valence-corrected chi connectivity index (χ0v) is 13.4. The lowest BCUT2D eigenvalue weighted by atomic mass is 10.3. The van der Waals surface area contributed by atoms with E-state index in [4.69, 9.17) is 11.6 Å². The number of allylic oxidation sites excluding steroid dienone is 1. The molecule has 2 aromatic carbocycles. The third-order valence-electron chi connectivity index (χ3n) is 3.38. The van der Waals surface area contributed by atoms with E-state index in [9.17, 15) is 0 Å². The Kier molecular flexibility index (Phi) is 5.81. The van der Waals surface area contributed by atoms with Crippen LogP contribution in [0.25, 0.3) is 0 Å². The van der Waals surface area contributed by atoms with Gasteiger partial charge in [-0.2, -0.15) is 0 Å². The second kappa shape index (κ2) is 7.61. The van der Waals surface area contributed by atoms with Crippen molar-refractivity contribution in [3.05, 3.63) is 70.3 Å². The molecule has 0 aromatic heterocycles. The summed E-state index contributed by atoms with van der Waals surface area (Å²) in [5, 5.41) is 4.26. The Morgan fingerprint density at radius 2 is 1.77 bits per heavy atom. The van der Waals surface area contributed by atoms with Gasteiger partial charge in [0.1, 0.15) is 5.82 Å². The minimum absolute atomic E-state index is 0. The lowest BCUT2D eigenvalue weighted by Crippen LogP contribution is -2.20. The van der Waals surface area contributed by atoms with Crippen molar-refractivity contribution < 1.29 is 0 Å². The van der Waals surface area contributed by atoms with Crippen molar-refractivity contribution in [2.75, 3.05) is 18.0 Å². The van der Waals surface area contributed by atoms with Crippen LogP contribution in [-0.2, 0) is 0 Å². The van der Waals surface area contributed by atoms with Crippen LogP contribution in [-0.4, -0.2) is 13.1 Å². The predicted octanol–water partition coefficient (Wildman–Crippen LogP) is 5.37. The standard InChI is InChI=1S/C17H17ClN2S.CH4/c1-13(21-16-5-3-2-4-6-16)17-19-11-12-20(17)15-9-7-14(18)8-10-15;/h2-10,19H,11-12H2,1H3;1H4/b17-13+;. The lowest BCUT2D eigenvalue weighted by molar-refractivity contribution is 0.942. The van der Waals surface area contributed by atoms with Gasteiger partial charge >= 0.3 is 0 Å². The SMILES string of the molecule is C.C/C(Sc1ccccc1)=C1/NCCN1c1ccc(Cl)cc1. The Balaban J connectivity index is 0.00000176. The maximum absolute atomic E-state index is 5.97. The highest BCUT2D eigenvalue weighted by Gasteiger charge is 2.20. The molecule has 116 valence electrons. The average molecular weight is 333 g/mol. The van der Waals surface area contributed by atoms with Gasteiger partial charge in [-0.05, 0) is 43.3 Å². The Bertz CT molecular complexity index is 638. The molecular formula is C18H21ClN2S. The molecule has 0 aliphatic carbocycles. The van der Waals surface area contributed by atoms with E-state index < -0.39 is 0 Å². The fourth-order valence-corrected chi connectivity index (χ4v) is 3.45. The van der Waals surface area contributed by atoms with Gasteiger partial charge in [-0.15, -0.1) is 0 Å². The van der Waals surface area contributed by atoms with E-state index in [0.29, 0.717) is 0 Å². The van der Waals surface area contributed by atoms with Gasteiger partial charge in [0.15, 0.2) is 0 Å². The minimum Gasteiger partial charge on any atom is -0.369 e. The molecule has 2 nitrogen and oxygen atoms in total. The van der Waals surface area contributed by atoms with E-state index in [0.717, 1.165) is 18.1 Å². The van der Waals surface area contributed by atoms with Gasteiger partial charge in [0.05, 0.1) is 0 Å². The molecule has 0 atom stereocenters. The third kappa shape index (κ3) is 3.79. The highest BCUT2D eigenvalue weighted by molar-refractivity contribution is 8.03. The van der Waals surface area contributed by atoms with E-state index >= 15 is 0 Å². The molecule has 2 aromatic rings. The van der Waals surface area contributed by atoms with E-state index in [1.165, 1.54) is 21.3 Å². The van der Waals surface area contributed by atoms with Crippen LogP contribution < -0.4 is 10.2 Å². The van der Waals surface area contributed by atoms with Crippen LogP contribution in [0.3, 0.4) is 0 Å². The Morgan fingerprint density at radius 1 is 1.09 bits per heavy atom. The van der Waals surface area contributed by atoms with Gasteiger partial charge in [0.2, 0.25) is 0 Å². The molecule has 1 aliphatic heterocycles. The molecule has 0 saturated carbocycles. The van der Waals surface area contributed by atoms with Crippen LogP contribution in [0.2, 0.25) is 5.02 Å². The molecule has 0 unspecified atom stereocenters. The maximum atomic E-state index is 5.97. The van der Waals surface area contributed by atoms with Gasteiger partial charge in [-0.3, -0.25) is 0 Å². The predicted molar refractivity (Wildman–Crippen MR) is 98.5 cm³/mol. The number of hydrogen-bond acceptors (Lipinski definition) is 3. The molecule has 0 spiro atoms. The number of halogens is 1. The summed E-state index contributed by atoms with van der Waals surface area (Å²) in [6.07, 6.45) is 0. The van der Waals surface area contributed by atoms with Crippen LogP contribution in [0.5, 0.6) is 0 Å². The lowest BCUT2D eigenvalue weighted by Gasteiger charge is -2.21. The number of hydrogen-bond donors (Lipinski definition) is 1. The highest BCUT2D eigenvalue weighted by Crippen LogP contribution is 2.32. The van der Waals surface area contributed by atoms with Crippen molar-refractivity contribution in [2.45, 2.75) is 19.2 Å². The molecule has 1 aliphatic rings. The van der Waals surface area contributed by atoms with Crippen molar-refractivity contribution in [3.63, 3.8) is 0 Å². The van der Waals surface area contributed by atoms with Crippen LogP contribution in [0, 0.1) is 0 Å². The van der Waals surface area contributed by atoms with Crippen molar-refractivity contribution in [2.24, 2.45) is 0 Å². The number of anilines is 1. The smallest absolute Gasteiger partial charge is 0.116 e. The summed E-state index contributed by atoms with van der Waals surface area (Å²) in [5.74, 6) is 1.19. The van der Waals surface area contributed by atoms with E-state index in [-0.39, 0.29) is 7.43 Å². The van der Waals surface area contributed by atoms with Gasteiger partial charge in [0.25, 0.3) is 0 Å². The van der Waals surface area contributed by atoms with Crippen molar-refractivity contribution in [3.8, 4) is 0 Å². The van der Waals surface area contributed by atoms with Crippen LogP contribution in [0.15, 0.2) is 70.2 Å². The summed E-state index contributed by atoms with van der Waals surface area (Å²) in [6.45, 7) is 4.10. The second-order valence-corrected chi connectivity index (χ2v) is 6.60. The third-order valence-corrected chi connectivity index (χ3v) is 4.64. The number of benzene rings is 2. The number of rotatable bonds is 3. The first-order chi connectivity index (χ1) is 10.2. The number of nitrogens with zero attached hydrogens (tertiary/aromatic N) is 1. The van der Waals surface area contributed by atoms with Crippen LogP contribution in [0.4, 0.5) is 5.69 Å². The summed E-state index contributed by atoms with van der Waals surface area (Å²) in [7, 11) is 0. The van der Waals surface area contributed by atoms with Gasteiger partial charge in [0, 0.05) is 33.6 Å². The molecule has 1 saturated heterocycles. The second-order valence-electron chi connectivity index (χ2n) is 4.87. The molecule has 1 fully saturated rings. The van der Waals surface area contributed by atoms with E-state index in [1.807, 2.05) is 18.2 Å². The van der Waals surface area contributed by atoms with E-state index in [1.54, 1.807) is 11.8 Å². The summed E-state index contributed by atoms with van der Waals surface area (Å²) in [5.41, 5.74) is 1.17. The maximum Gasteiger partial charge on any atom is 0.116 e.